The van der Waals surface area contributed by atoms with E-state index in [1.54, 1.807) is 31.2 Å². The Hall–Kier alpha value is -2.25. The zero-order valence-corrected chi connectivity index (χ0v) is 16.0. The van der Waals surface area contributed by atoms with E-state index in [1.807, 2.05) is 6.92 Å². The second-order valence-electron chi connectivity index (χ2n) is 5.68. The fourth-order valence-electron chi connectivity index (χ4n) is 2.18. The molecule has 2 aromatic rings. The SMILES string of the molecule is CCCCN(CC(=O)Nc1cc(C)on1)C(=O)Nc1cccc(Cl)c1Cl. The lowest BCUT2D eigenvalue weighted by Gasteiger charge is -2.22. The monoisotopic (exact) mass is 398 g/mol. The summed E-state index contributed by atoms with van der Waals surface area (Å²) in [6.45, 7) is 4.02. The first-order valence-corrected chi connectivity index (χ1v) is 8.89. The molecule has 0 atom stereocenters. The number of carbonyl (C=O) groups is 2. The number of halogens is 2. The zero-order valence-electron chi connectivity index (χ0n) is 14.5. The van der Waals surface area contributed by atoms with E-state index < -0.39 is 6.03 Å². The van der Waals surface area contributed by atoms with Gasteiger partial charge in [-0.25, -0.2) is 4.79 Å². The summed E-state index contributed by atoms with van der Waals surface area (Å²) in [5.74, 6) is 0.513. The van der Waals surface area contributed by atoms with Crippen LogP contribution in [0.1, 0.15) is 25.5 Å². The van der Waals surface area contributed by atoms with Crippen molar-refractivity contribution in [2.45, 2.75) is 26.7 Å². The van der Waals surface area contributed by atoms with Gasteiger partial charge in [0, 0.05) is 12.6 Å². The molecule has 0 spiro atoms. The summed E-state index contributed by atoms with van der Waals surface area (Å²) >= 11 is 12.1. The van der Waals surface area contributed by atoms with Gasteiger partial charge in [0.25, 0.3) is 0 Å². The van der Waals surface area contributed by atoms with Crippen LogP contribution in [0.4, 0.5) is 16.3 Å². The highest BCUT2D eigenvalue weighted by molar-refractivity contribution is 6.43. The fraction of sp³-hybridized carbons (Fsp3) is 0.353. The molecule has 0 unspecified atom stereocenters. The van der Waals surface area contributed by atoms with Gasteiger partial charge >= 0.3 is 6.03 Å². The van der Waals surface area contributed by atoms with Crippen molar-refractivity contribution in [3.8, 4) is 0 Å². The number of amides is 3. The molecule has 0 fully saturated rings. The molecule has 3 amide bonds. The average Bonchev–Trinajstić information content (AvgIpc) is 3.00. The Balaban J connectivity index is 2.03. The van der Waals surface area contributed by atoms with Crippen LogP contribution in [-0.2, 0) is 4.79 Å². The van der Waals surface area contributed by atoms with E-state index in [9.17, 15) is 9.59 Å². The number of hydrogen-bond donors (Lipinski definition) is 2. The molecule has 0 aliphatic rings. The van der Waals surface area contributed by atoms with Crippen LogP contribution < -0.4 is 10.6 Å². The summed E-state index contributed by atoms with van der Waals surface area (Å²) < 4.78 is 4.90. The van der Waals surface area contributed by atoms with E-state index >= 15 is 0 Å². The van der Waals surface area contributed by atoms with E-state index in [4.69, 9.17) is 27.7 Å². The second-order valence-corrected chi connectivity index (χ2v) is 6.46. The van der Waals surface area contributed by atoms with Gasteiger partial charge in [-0.2, -0.15) is 0 Å². The van der Waals surface area contributed by atoms with Crippen LogP contribution in [0.15, 0.2) is 28.8 Å². The number of nitrogens with one attached hydrogen (secondary N) is 2. The maximum Gasteiger partial charge on any atom is 0.322 e. The number of carbonyl (C=O) groups excluding carboxylic acids is 2. The minimum atomic E-state index is -0.436. The average molecular weight is 399 g/mol. The number of nitrogens with zero attached hydrogens (tertiary/aromatic N) is 2. The third-order valence-corrected chi connectivity index (χ3v) is 4.31. The van der Waals surface area contributed by atoms with Gasteiger partial charge < -0.3 is 20.1 Å². The van der Waals surface area contributed by atoms with Crippen molar-refractivity contribution in [2.24, 2.45) is 0 Å². The molecule has 0 aliphatic carbocycles. The van der Waals surface area contributed by atoms with Gasteiger partial charge in [0.15, 0.2) is 5.82 Å². The van der Waals surface area contributed by atoms with E-state index in [2.05, 4.69) is 15.8 Å². The van der Waals surface area contributed by atoms with E-state index in [-0.39, 0.29) is 17.5 Å². The third-order valence-electron chi connectivity index (χ3n) is 3.49. The van der Waals surface area contributed by atoms with Crippen molar-refractivity contribution in [2.75, 3.05) is 23.7 Å². The predicted octanol–water partition coefficient (Wildman–Crippen LogP) is 4.56. The zero-order chi connectivity index (χ0) is 19.1. The van der Waals surface area contributed by atoms with Gasteiger partial charge in [-0.3, -0.25) is 4.79 Å². The van der Waals surface area contributed by atoms with Crippen molar-refractivity contribution >= 4 is 46.6 Å². The van der Waals surface area contributed by atoms with Crippen molar-refractivity contribution in [3.05, 3.63) is 40.1 Å². The third kappa shape index (κ3) is 5.64. The maximum absolute atomic E-state index is 12.6. The summed E-state index contributed by atoms with van der Waals surface area (Å²) in [6, 6.07) is 6.11. The molecule has 2 N–H and O–H groups in total. The minimum absolute atomic E-state index is 0.129. The van der Waals surface area contributed by atoms with Crippen LogP contribution in [0.25, 0.3) is 0 Å². The predicted molar refractivity (Wildman–Crippen MR) is 102 cm³/mol. The van der Waals surface area contributed by atoms with Crippen LogP contribution in [0.2, 0.25) is 10.0 Å². The molecule has 26 heavy (non-hydrogen) atoms. The maximum atomic E-state index is 12.6. The molecule has 0 saturated carbocycles. The number of urea groups is 1. The Kier molecular flexibility index (Phi) is 7.29. The molecular weight excluding hydrogens is 379 g/mol. The van der Waals surface area contributed by atoms with Crippen molar-refractivity contribution < 1.29 is 14.1 Å². The molecular formula is C17H20Cl2N4O3. The largest absolute Gasteiger partial charge is 0.360 e. The van der Waals surface area contributed by atoms with Crippen molar-refractivity contribution in [1.82, 2.24) is 10.1 Å². The molecule has 140 valence electrons. The normalized spacial score (nSPS) is 10.5. The first-order chi connectivity index (χ1) is 12.4. The molecule has 0 radical (unpaired) electrons. The molecule has 1 aromatic heterocycles. The Morgan fingerprint density at radius 3 is 2.69 bits per heavy atom. The number of unbranched alkanes of at least 4 members (excludes halogenated alkanes) is 1. The molecule has 1 aromatic carbocycles. The number of hydrogen-bond acceptors (Lipinski definition) is 4. The molecule has 1 heterocycles. The molecule has 0 bridgehead atoms. The number of aromatic nitrogens is 1. The standard InChI is InChI=1S/C17H20Cl2N4O3/c1-3-4-8-23(10-15(24)21-14-9-11(2)26-22-14)17(25)20-13-7-5-6-12(18)16(13)19/h5-7,9H,3-4,8,10H2,1-2H3,(H,20,25)(H,21,22,24). The van der Waals surface area contributed by atoms with Crippen molar-refractivity contribution in [1.29, 1.82) is 0 Å². The summed E-state index contributed by atoms with van der Waals surface area (Å²) in [6.07, 6.45) is 1.64. The summed E-state index contributed by atoms with van der Waals surface area (Å²) in [5.41, 5.74) is 0.387. The highest BCUT2D eigenvalue weighted by Crippen LogP contribution is 2.29. The smallest absolute Gasteiger partial charge is 0.322 e. The van der Waals surface area contributed by atoms with E-state index in [0.29, 0.717) is 28.8 Å². The lowest BCUT2D eigenvalue weighted by molar-refractivity contribution is -0.116. The number of rotatable bonds is 7. The summed E-state index contributed by atoms with van der Waals surface area (Å²) in [5, 5.41) is 9.57. The fourth-order valence-corrected chi connectivity index (χ4v) is 2.52. The topological polar surface area (TPSA) is 87.5 Å². The Bertz CT molecular complexity index is 779. The van der Waals surface area contributed by atoms with Gasteiger partial charge in [0.1, 0.15) is 12.3 Å². The Labute approximate surface area is 161 Å². The van der Waals surface area contributed by atoms with E-state index in [1.165, 1.54) is 4.90 Å². The molecule has 0 aliphatic heterocycles. The van der Waals surface area contributed by atoms with Crippen LogP contribution in [0.5, 0.6) is 0 Å². The minimum Gasteiger partial charge on any atom is -0.360 e. The first-order valence-electron chi connectivity index (χ1n) is 8.13. The summed E-state index contributed by atoms with van der Waals surface area (Å²) in [4.78, 5) is 26.2. The first kappa shape index (κ1) is 20.1. The van der Waals surface area contributed by atoms with E-state index in [0.717, 1.165) is 12.8 Å². The molecule has 0 saturated heterocycles. The molecule has 7 nitrogen and oxygen atoms in total. The Morgan fingerprint density at radius 2 is 2.04 bits per heavy atom. The van der Waals surface area contributed by atoms with Crippen LogP contribution >= 0.6 is 23.2 Å². The van der Waals surface area contributed by atoms with Gasteiger partial charge in [-0.1, -0.05) is 47.8 Å². The van der Waals surface area contributed by atoms with Crippen LogP contribution in [-0.4, -0.2) is 35.1 Å². The van der Waals surface area contributed by atoms with Gasteiger partial charge in [0.05, 0.1) is 15.7 Å². The van der Waals surface area contributed by atoms with Crippen LogP contribution in [0, 0.1) is 6.92 Å². The number of benzene rings is 1. The van der Waals surface area contributed by atoms with Gasteiger partial charge in [-0.05, 0) is 25.5 Å². The lowest BCUT2D eigenvalue weighted by Crippen LogP contribution is -2.41. The van der Waals surface area contributed by atoms with Crippen molar-refractivity contribution in [3.63, 3.8) is 0 Å². The highest BCUT2D eigenvalue weighted by Gasteiger charge is 2.19. The quantitative estimate of drug-likeness (QED) is 0.715. The van der Waals surface area contributed by atoms with Gasteiger partial charge in [0.2, 0.25) is 5.91 Å². The summed E-state index contributed by atoms with van der Waals surface area (Å²) in [7, 11) is 0. The Morgan fingerprint density at radius 1 is 1.27 bits per heavy atom. The molecule has 2 rings (SSSR count). The number of anilines is 2. The molecule has 9 heteroatoms. The lowest BCUT2D eigenvalue weighted by atomic mass is 10.3. The van der Waals surface area contributed by atoms with Gasteiger partial charge in [-0.15, -0.1) is 0 Å². The number of aryl methyl sites for hydroxylation is 1. The van der Waals surface area contributed by atoms with Crippen LogP contribution in [0.3, 0.4) is 0 Å². The second kappa shape index (κ2) is 9.45. The highest BCUT2D eigenvalue weighted by atomic mass is 35.5.